The molecule has 2 aliphatic heterocycles. The topological polar surface area (TPSA) is 40.6 Å². The number of amides is 2. The van der Waals surface area contributed by atoms with Gasteiger partial charge in [-0.1, -0.05) is 97.0 Å². The molecule has 0 spiro atoms. The van der Waals surface area contributed by atoms with Crippen molar-refractivity contribution >= 4 is 57.7 Å². The maximum Gasteiger partial charge on any atom is 0.246 e. The lowest BCUT2D eigenvalue weighted by Crippen LogP contribution is -2.36. The van der Waals surface area contributed by atoms with Crippen LogP contribution in [0.15, 0.2) is 98.1 Å². The van der Waals surface area contributed by atoms with Crippen molar-refractivity contribution in [2.24, 2.45) is 0 Å². The molecular weight excluding hydrogens is 579 g/mol. The molecule has 4 aromatic rings. The zero-order valence-corrected chi connectivity index (χ0v) is 24.9. The zero-order valence-electron chi connectivity index (χ0n) is 21.8. The number of thiophene rings is 2. The fraction of sp³-hybridized carbons (Fsp3) is 0.188. The van der Waals surface area contributed by atoms with Gasteiger partial charge in [0.25, 0.3) is 0 Å². The molecule has 2 aliphatic rings. The first kappa shape index (κ1) is 28.4. The molecule has 6 rings (SSSR count). The molecule has 2 aromatic heterocycles. The number of halogens is 2. The Kier molecular flexibility index (Phi) is 8.91. The molecule has 0 fully saturated rings. The molecule has 2 aromatic carbocycles. The molecule has 8 heteroatoms. The molecule has 0 unspecified atom stereocenters. The second kappa shape index (κ2) is 12.6. The summed E-state index contributed by atoms with van der Waals surface area (Å²) < 4.78 is 1.56. The van der Waals surface area contributed by atoms with Gasteiger partial charge in [-0.25, -0.2) is 0 Å². The number of nitrogens with zero attached hydrogens (tertiary/aromatic N) is 2. The Morgan fingerprint density at radius 1 is 0.700 bits per heavy atom. The van der Waals surface area contributed by atoms with Gasteiger partial charge in [0.05, 0.1) is 21.8 Å². The van der Waals surface area contributed by atoms with E-state index in [-0.39, 0.29) is 23.7 Å². The van der Waals surface area contributed by atoms with Gasteiger partial charge in [-0.15, -0.1) is 22.7 Å². The number of carbonyl (C=O) groups excluding carboxylic acids is 2. The highest BCUT2D eigenvalue weighted by molar-refractivity contribution is 7.16. The molecular formula is C32H28Cl2N2O2S2. The van der Waals surface area contributed by atoms with Crippen molar-refractivity contribution in [3.8, 4) is 0 Å². The van der Waals surface area contributed by atoms with Gasteiger partial charge in [0.2, 0.25) is 11.8 Å². The van der Waals surface area contributed by atoms with Gasteiger partial charge in [0.15, 0.2) is 0 Å². The summed E-state index contributed by atoms with van der Waals surface area (Å²) >= 11 is 15.4. The minimum absolute atomic E-state index is 0.0268. The Balaban J connectivity index is 0.000000161. The Bertz CT molecular complexity index is 1420. The molecule has 0 N–H and O–H groups in total. The fourth-order valence-electron chi connectivity index (χ4n) is 5.30. The summed E-state index contributed by atoms with van der Waals surface area (Å²) in [6.07, 6.45) is 2.75. The SMILES string of the molecule is C=CC(=O)N1Cc2sc(Cl)cc2[C@@H](c2ccccc2)C1.C=CC(=O)N1Cc2sc(Cl)cc2[C@H](c2ccccc2)C1. The van der Waals surface area contributed by atoms with Gasteiger partial charge in [-0.05, 0) is 46.5 Å². The van der Waals surface area contributed by atoms with Crippen LogP contribution < -0.4 is 0 Å². The third kappa shape index (κ3) is 6.11. The monoisotopic (exact) mass is 606 g/mol. The number of fused-ring (bicyclic) bond motifs is 2. The van der Waals surface area contributed by atoms with Gasteiger partial charge >= 0.3 is 0 Å². The first-order valence-corrected chi connectivity index (χ1v) is 15.3. The van der Waals surface area contributed by atoms with E-state index in [0.29, 0.717) is 26.2 Å². The van der Waals surface area contributed by atoms with E-state index in [4.69, 9.17) is 23.2 Å². The smallest absolute Gasteiger partial charge is 0.246 e. The molecule has 0 bridgehead atoms. The van der Waals surface area contributed by atoms with Crippen LogP contribution in [0.2, 0.25) is 8.67 Å². The average Bonchev–Trinajstić information content (AvgIpc) is 3.56. The van der Waals surface area contributed by atoms with Crippen molar-refractivity contribution in [1.82, 2.24) is 9.80 Å². The molecule has 0 aliphatic carbocycles. The Morgan fingerprint density at radius 3 is 1.43 bits per heavy atom. The molecule has 4 heterocycles. The summed E-state index contributed by atoms with van der Waals surface area (Å²) in [4.78, 5) is 29.9. The second-order valence-corrected chi connectivity index (χ2v) is 13.2. The highest BCUT2D eigenvalue weighted by atomic mass is 35.5. The summed E-state index contributed by atoms with van der Waals surface area (Å²) in [5, 5.41) is 0. The maximum absolute atomic E-state index is 11.9. The normalized spacial score (nSPS) is 17.6. The average molecular weight is 608 g/mol. The van der Waals surface area contributed by atoms with Crippen LogP contribution in [0, 0.1) is 0 Å². The third-order valence-electron chi connectivity index (χ3n) is 7.23. The molecule has 0 saturated heterocycles. The van der Waals surface area contributed by atoms with E-state index in [1.54, 1.807) is 22.7 Å². The second-order valence-electron chi connectivity index (χ2n) is 9.63. The van der Waals surface area contributed by atoms with E-state index in [9.17, 15) is 9.59 Å². The van der Waals surface area contributed by atoms with Crippen LogP contribution in [-0.2, 0) is 22.7 Å². The van der Waals surface area contributed by atoms with Crippen molar-refractivity contribution in [3.05, 3.63) is 139 Å². The van der Waals surface area contributed by atoms with E-state index < -0.39 is 0 Å². The minimum Gasteiger partial charge on any atom is -0.333 e. The van der Waals surface area contributed by atoms with Gasteiger partial charge in [0, 0.05) is 34.7 Å². The van der Waals surface area contributed by atoms with Crippen LogP contribution in [0.25, 0.3) is 0 Å². The maximum atomic E-state index is 11.9. The first-order chi connectivity index (χ1) is 19.4. The van der Waals surface area contributed by atoms with Crippen molar-refractivity contribution in [3.63, 3.8) is 0 Å². The van der Waals surface area contributed by atoms with Crippen LogP contribution >= 0.6 is 45.9 Å². The van der Waals surface area contributed by atoms with E-state index >= 15 is 0 Å². The lowest BCUT2D eigenvalue weighted by Gasteiger charge is -2.32. The summed E-state index contributed by atoms with van der Waals surface area (Å²) in [6.45, 7) is 9.76. The molecule has 2 atom stereocenters. The number of rotatable bonds is 4. The molecule has 40 heavy (non-hydrogen) atoms. The van der Waals surface area contributed by atoms with Gasteiger partial charge < -0.3 is 9.80 Å². The van der Waals surface area contributed by atoms with Crippen molar-refractivity contribution in [2.75, 3.05) is 13.1 Å². The largest absolute Gasteiger partial charge is 0.333 e. The van der Waals surface area contributed by atoms with E-state index in [2.05, 4.69) is 37.4 Å². The van der Waals surface area contributed by atoms with Crippen molar-refractivity contribution < 1.29 is 9.59 Å². The minimum atomic E-state index is -0.0268. The quantitative estimate of drug-likeness (QED) is 0.220. The third-order valence-corrected chi connectivity index (χ3v) is 9.75. The summed E-state index contributed by atoms with van der Waals surface area (Å²) in [6, 6.07) is 24.6. The zero-order chi connectivity index (χ0) is 28.2. The van der Waals surface area contributed by atoms with Crippen LogP contribution in [0.4, 0.5) is 0 Å². The number of benzene rings is 2. The first-order valence-electron chi connectivity index (χ1n) is 12.9. The molecule has 204 valence electrons. The summed E-state index contributed by atoms with van der Waals surface area (Å²) in [5.74, 6) is 0.322. The van der Waals surface area contributed by atoms with E-state index in [0.717, 1.165) is 8.67 Å². The lowest BCUT2D eigenvalue weighted by molar-refractivity contribution is -0.127. The summed E-state index contributed by atoms with van der Waals surface area (Å²) in [5.41, 5.74) is 4.92. The Morgan fingerprint density at radius 2 is 1.07 bits per heavy atom. The highest BCUT2D eigenvalue weighted by Crippen LogP contribution is 2.41. The van der Waals surface area contributed by atoms with Crippen molar-refractivity contribution in [2.45, 2.75) is 24.9 Å². The number of hydrogen-bond donors (Lipinski definition) is 0. The molecule has 4 nitrogen and oxygen atoms in total. The van der Waals surface area contributed by atoms with Crippen LogP contribution in [0.5, 0.6) is 0 Å². The molecule has 0 radical (unpaired) electrons. The van der Waals surface area contributed by atoms with Crippen LogP contribution in [-0.4, -0.2) is 34.7 Å². The summed E-state index contributed by atoms with van der Waals surface area (Å²) in [7, 11) is 0. The van der Waals surface area contributed by atoms with Gasteiger partial charge in [0.1, 0.15) is 0 Å². The van der Waals surface area contributed by atoms with Crippen LogP contribution in [0.1, 0.15) is 43.8 Å². The van der Waals surface area contributed by atoms with Gasteiger partial charge in [-0.2, -0.15) is 0 Å². The molecule has 0 saturated carbocycles. The van der Waals surface area contributed by atoms with E-state index in [1.807, 2.05) is 58.3 Å². The number of hydrogen-bond acceptors (Lipinski definition) is 4. The lowest BCUT2D eigenvalue weighted by atomic mass is 9.88. The van der Waals surface area contributed by atoms with Gasteiger partial charge in [-0.3, -0.25) is 9.59 Å². The fourth-order valence-corrected chi connectivity index (χ4v) is 8.02. The predicted molar refractivity (Wildman–Crippen MR) is 166 cm³/mol. The standard InChI is InChI=1S/2C16H14ClNOS/c2*1-2-16(19)18-9-13(11-6-4-3-5-7-11)12-8-15(17)20-14(12)10-18/h2*2-8,13H,1,9-10H2/t2*13-/m10/s1. The van der Waals surface area contributed by atoms with E-state index in [1.165, 1.54) is 44.2 Å². The van der Waals surface area contributed by atoms with Crippen molar-refractivity contribution in [1.29, 1.82) is 0 Å². The molecule has 2 amide bonds. The highest BCUT2D eigenvalue weighted by Gasteiger charge is 2.31. The Hall–Kier alpha value is -3.16. The predicted octanol–water partition coefficient (Wildman–Crippen LogP) is 8.12. The Labute approximate surface area is 252 Å². The van der Waals surface area contributed by atoms with Crippen LogP contribution in [0.3, 0.4) is 0 Å². The number of carbonyl (C=O) groups is 2.